The monoisotopic (exact) mass is 372 g/mol. The van der Waals surface area contributed by atoms with E-state index in [0.29, 0.717) is 0 Å². The molecular weight excluding hydrogens is 348 g/mol. The molecule has 3 rings (SSSR count). The van der Waals surface area contributed by atoms with Crippen molar-refractivity contribution in [2.24, 2.45) is 5.92 Å². The van der Waals surface area contributed by atoms with Gasteiger partial charge < -0.3 is 5.11 Å². The number of carbonyl (C=O) groups is 1. The molecule has 3 atom stereocenters. The molecule has 132 valence electrons. The summed E-state index contributed by atoms with van der Waals surface area (Å²) in [6.45, 7) is 4.11. The van der Waals surface area contributed by atoms with Gasteiger partial charge in [-0.15, -0.1) is 11.8 Å². The predicted octanol–water partition coefficient (Wildman–Crippen LogP) is 5.24. The Hall–Kier alpha value is -1.23. The second kappa shape index (κ2) is 8.43. The van der Waals surface area contributed by atoms with E-state index in [2.05, 4.69) is 31.2 Å². The lowest BCUT2D eigenvalue weighted by Gasteiger charge is -2.33. The van der Waals surface area contributed by atoms with Gasteiger partial charge in [0.15, 0.2) is 5.12 Å². The van der Waals surface area contributed by atoms with Gasteiger partial charge in [0.25, 0.3) is 0 Å². The average Bonchev–Trinajstić information content (AvgIpc) is 2.59. The Bertz CT molecular complexity index is 710. The lowest BCUT2D eigenvalue weighted by molar-refractivity contribution is -0.118. The van der Waals surface area contributed by atoms with E-state index in [1.165, 1.54) is 27.8 Å². The van der Waals surface area contributed by atoms with Crippen molar-refractivity contribution >= 4 is 28.6 Å². The lowest BCUT2D eigenvalue weighted by atomic mass is 9.87. The van der Waals surface area contributed by atoms with Crippen LogP contribution < -0.4 is 0 Å². The minimum atomic E-state index is -0.540. The first kappa shape index (κ1) is 18.6. The fraction of sp³-hybridized carbons (Fsp3) is 0.381. The van der Waals surface area contributed by atoms with Crippen molar-refractivity contribution in [3.63, 3.8) is 0 Å². The van der Waals surface area contributed by atoms with Crippen LogP contribution in [0.1, 0.15) is 30.4 Å². The van der Waals surface area contributed by atoms with Gasteiger partial charge in [0, 0.05) is 15.0 Å². The average molecular weight is 373 g/mol. The molecule has 2 aromatic carbocycles. The molecule has 0 amide bonds. The minimum absolute atomic E-state index is 0.0839. The van der Waals surface area contributed by atoms with Crippen LogP contribution in [0.5, 0.6) is 0 Å². The zero-order chi connectivity index (χ0) is 17.8. The number of aryl methyl sites for hydroxylation is 2. The second-order valence-corrected chi connectivity index (χ2v) is 9.12. The Morgan fingerprint density at radius 2 is 1.48 bits per heavy atom. The Balaban J connectivity index is 1.73. The van der Waals surface area contributed by atoms with Gasteiger partial charge in [0.2, 0.25) is 0 Å². The van der Waals surface area contributed by atoms with Crippen molar-refractivity contribution < 1.29 is 9.90 Å². The molecule has 4 heteroatoms. The van der Waals surface area contributed by atoms with Crippen molar-refractivity contribution in [2.45, 2.75) is 54.3 Å². The number of hydrogen-bond donors (Lipinski definition) is 1. The first-order valence-corrected chi connectivity index (χ1v) is 10.4. The molecule has 0 unspecified atom stereocenters. The molecule has 25 heavy (non-hydrogen) atoms. The van der Waals surface area contributed by atoms with Crippen molar-refractivity contribution in [3.05, 3.63) is 59.7 Å². The summed E-state index contributed by atoms with van der Waals surface area (Å²) in [5, 5.41) is 10.7. The summed E-state index contributed by atoms with van der Waals surface area (Å²) in [4.78, 5) is 15.0. The number of carbonyl (C=O) groups excluding carboxylic acids is 1. The van der Waals surface area contributed by atoms with Crippen molar-refractivity contribution in [2.75, 3.05) is 0 Å². The van der Waals surface area contributed by atoms with E-state index in [0.717, 1.165) is 24.2 Å². The number of thioether (sulfide) groups is 2. The summed E-state index contributed by atoms with van der Waals surface area (Å²) in [5.74, 6) is -0.314. The topological polar surface area (TPSA) is 37.3 Å². The van der Waals surface area contributed by atoms with E-state index in [-0.39, 0.29) is 16.3 Å². The molecule has 0 saturated heterocycles. The molecule has 1 N–H and O–H groups in total. The molecule has 2 aromatic rings. The van der Waals surface area contributed by atoms with Gasteiger partial charge in [0.05, 0.1) is 12.0 Å². The highest BCUT2D eigenvalue weighted by atomic mass is 32.2. The summed E-state index contributed by atoms with van der Waals surface area (Å²) >= 11 is 3.00. The number of aliphatic hydroxyl groups is 1. The second-order valence-electron chi connectivity index (χ2n) is 6.73. The van der Waals surface area contributed by atoms with Gasteiger partial charge in [-0.2, -0.15) is 0 Å². The molecule has 0 radical (unpaired) electrons. The van der Waals surface area contributed by atoms with E-state index in [1.54, 1.807) is 11.8 Å². The maximum absolute atomic E-state index is 12.9. The van der Waals surface area contributed by atoms with E-state index in [1.807, 2.05) is 31.2 Å². The molecule has 0 aliphatic heterocycles. The quantitative estimate of drug-likeness (QED) is 0.744. The first-order chi connectivity index (χ1) is 12.0. The van der Waals surface area contributed by atoms with Crippen LogP contribution in [0.3, 0.4) is 0 Å². The van der Waals surface area contributed by atoms with Crippen LogP contribution in [-0.4, -0.2) is 21.6 Å². The molecule has 2 nitrogen and oxygen atoms in total. The highest BCUT2D eigenvalue weighted by molar-refractivity contribution is 8.13. The van der Waals surface area contributed by atoms with Crippen LogP contribution in [0.25, 0.3) is 0 Å². The zero-order valence-corrected chi connectivity index (χ0v) is 16.3. The van der Waals surface area contributed by atoms with Crippen LogP contribution in [0, 0.1) is 19.8 Å². The molecule has 1 saturated carbocycles. The molecule has 0 heterocycles. The highest BCUT2D eigenvalue weighted by Crippen LogP contribution is 2.41. The number of aliphatic hydroxyl groups excluding tert-OH is 1. The molecule has 1 aliphatic carbocycles. The van der Waals surface area contributed by atoms with Crippen molar-refractivity contribution in [3.8, 4) is 0 Å². The van der Waals surface area contributed by atoms with Gasteiger partial charge in [0.1, 0.15) is 0 Å². The maximum Gasteiger partial charge on any atom is 0.200 e. The van der Waals surface area contributed by atoms with E-state index in [4.69, 9.17) is 0 Å². The number of rotatable bonds is 4. The minimum Gasteiger partial charge on any atom is -0.392 e. The molecule has 1 aliphatic rings. The van der Waals surface area contributed by atoms with E-state index in [9.17, 15) is 9.90 Å². The molecule has 1 fully saturated rings. The first-order valence-electron chi connectivity index (χ1n) is 8.72. The van der Waals surface area contributed by atoms with Gasteiger partial charge >= 0.3 is 0 Å². The molecular formula is C21H24O2S2. The maximum atomic E-state index is 12.9. The largest absolute Gasteiger partial charge is 0.392 e. The Morgan fingerprint density at radius 3 is 2.08 bits per heavy atom. The van der Waals surface area contributed by atoms with Gasteiger partial charge in [-0.3, -0.25) is 4.79 Å². The third kappa shape index (κ3) is 4.90. The molecule has 0 bridgehead atoms. The van der Waals surface area contributed by atoms with Crippen LogP contribution in [0.4, 0.5) is 0 Å². The SMILES string of the molecule is Cc1ccc(SC(=O)[C@@H]2[C@H](O)CCC[C@H]2Sc2ccc(C)cc2)cc1. The summed E-state index contributed by atoms with van der Waals surface area (Å²) in [6, 6.07) is 16.4. The van der Waals surface area contributed by atoms with E-state index >= 15 is 0 Å². The summed E-state index contributed by atoms with van der Waals surface area (Å²) in [6.07, 6.45) is 2.13. The highest BCUT2D eigenvalue weighted by Gasteiger charge is 2.38. The number of benzene rings is 2. The smallest absolute Gasteiger partial charge is 0.200 e. The van der Waals surface area contributed by atoms with Gasteiger partial charge in [-0.05, 0) is 57.4 Å². The van der Waals surface area contributed by atoms with Crippen LogP contribution in [-0.2, 0) is 4.79 Å². The molecule has 0 aromatic heterocycles. The Kier molecular flexibility index (Phi) is 6.26. The van der Waals surface area contributed by atoms with Crippen LogP contribution in [0.2, 0.25) is 0 Å². The Morgan fingerprint density at radius 1 is 0.920 bits per heavy atom. The predicted molar refractivity (Wildman–Crippen MR) is 106 cm³/mol. The van der Waals surface area contributed by atoms with Crippen molar-refractivity contribution in [1.29, 1.82) is 0 Å². The third-order valence-corrected chi connectivity index (χ3v) is 6.98. The summed E-state index contributed by atoms with van der Waals surface area (Å²) in [5.41, 5.74) is 2.41. The fourth-order valence-corrected chi connectivity index (χ4v) is 5.59. The van der Waals surface area contributed by atoms with Gasteiger partial charge in [-0.25, -0.2) is 0 Å². The lowest BCUT2D eigenvalue weighted by Crippen LogP contribution is -2.38. The standard InChI is InChI=1S/C21H24O2S2/c1-14-6-10-16(11-7-14)24-19-5-3-4-18(22)20(19)21(23)25-17-12-8-15(2)9-13-17/h6-13,18-20,22H,3-5H2,1-2H3/t18-,19-,20-/m1/s1. The van der Waals surface area contributed by atoms with Gasteiger partial charge in [-0.1, -0.05) is 47.2 Å². The van der Waals surface area contributed by atoms with Crippen LogP contribution >= 0.6 is 23.5 Å². The molecule has 0 spiro atoms. The van der Waals surface area contributed by atoms with Crippen molar-refractivity contribution in [1.82, 2.24) is 0 Å². The fourth-order valence-electron chi connectivity index (χ4n) is 3.16. The number of hydrogen-bond acceptors (Lipinski definition) is 4. The van der Waals surface area contributed by atoms with E-state index < -0.39 is 6.10 Å². The normalized spacial score (nSPS) is 23.4. The Labute approximate surface area is 158 Å². The van der Waals surface area contributed by atoms with Crippen LogP contribution in [0.15, 0.2) is 58.3 Å². The summed E-state index contributed by atoms with van der Waals surface area (Å²) in [7, 11) is 0. The zero-order valence-electron chi connectivity index (χ0n) is 14.6. The summed E-state index contributed by atoms with van der Waals surface area (Å²) < 4.78 is 0. The third-order valence-electron chi connectivity index (χ3n) is 4.62.